The number of unbranched alkanes of at least 4 members (excludes halogenated alkanes) is 1. The van der Waals surface area contributed by atoms with Gasteiger partial charge in [0.1, 0.15) is 36.0 Å². The van der Waals surface area contributed by atoms with Crippen molar-refractivity contribution in [3.05, 3.63) is 53.6 Å². The number of nitrogens with zero attached hydrogens (tertiary/aromatic N) is 1. The van der Waals surface area contributed by atoms with Crippen LogP contribution in [0.2, 0.25) is 0 Å². The number of hydrogen-bond donors (Lipinski definition) is 5. The number of fused-ring (bicyclic) bond motifs is 4. The highest BCUT2D eigenvalue weighted by atomic mass is 16.5. The van der Waals surface area contributed by atoms with E-state index in [0.29, 0.717) is 36.1 Å². The number of phenols is 1. The van der Waals surface area contributed by atoms with Gasteiger partial charge in [-0.1, -0.05) is 56.5 Å². The first-order valence-corrected chi connectivity index (χ1v) is 18.4. The van der Waals surface area contributed by atoms with E-state index in [1.807, 2.05) is 18.2 Å². The molecule has 2 aromatic carbocycles. The topological polar surface area (TPSA) is 130 Å². The molecule has 0 spiro atoms. The van der Waals surface area contributed by atoms with Gasteiger partial charge in [0.05, 0.1) is 38.0 Å². The quantitative estimate of drug-likeness (QED) is 0.0910. The first-order chi connectivity index (χ1) is 23.3. The molecule has 4 heterocycles. The van der Waals surface area contributed by atoms with Gasteiger partial charge in [0, 0.05) is 43.5 Å². The molecule has 1 aliphatic carbocycles. The Morgan fingerprint density at radius 1 is 1.10 bits per heavy atom. The number of nitrogens with one attached hydrogen (secondary N) is 2. The number of rotatable bonds is 17. The van der Waals surface area contributed by atoms with Gasteiger partial charge < -0.3 is 39.3 Å². The van der Waals surface area contributed by atoms with Gasteiger partial charge in [-0.2, -0.15) is 0 Å². The zero-order chi connectivity index (χ0) is 33.6. The minimum Gasteiger partial charge on any atom is -0.508 e. The second kappa shape index (κ2) is 15.9. The summed E-state index contributed by atoms with van der Waals surface area (Å²) >= 11 is 0. The van der Waals surface area contributed by atoms with Gasteiger partial charge in [-0.25, -0.2) is 0 Å². The number of ether oxygens (including phenoxy) is 3. The summed E-state index contributed by atoms with van der Waals surface area (Å²) in [7, 11) is 0. The second-order valence-corrected chi connectivity index (χ2v) is 14.7. The van der Waals surface area contributed by atoms with Crippen molar-refractivity contribution >= 4 is 11.6 Å². The van der Waals surface area contributed by atoms with Crippen molar-refractivity contribution in [1.29, 1.82) is 0 Å². The molecule has 2 aromatic rings. The van der Waals surface area contributed by atoms with E-state index in [1.54, 1.807) is 0 Å². The van der Waals surface area contributed by atoms with Crippen molar-refractivity contribution in [2.45, 2.75) is 95.2 Å². The molecule has 0 radical (unpaired) electrons. The lowest BCUT2D eigenvalue weighted by Gasteiger charge is -2.53. The number of benzene rings is 2. The Kier molecular flexibility index (Phi) is 11.6. The highest BCUT2D eigenvalue weighted by molar-refractivity contribution is 5.96. The highest BCUT2D eigenvalue weighted by Gasteiger charge is 2.48. The van der Waals surface area contributed by atoms with Crippen LogP contribution in [0.4, 0.5) is 5.69 Å². The highest BCUT2D eigenvalue weighted by Crippen LogP contribution is 2.43. The van der Waals surface area contributed by atoms with E-state index in [9.17, 15) is 20.1 Å². The minimum absolute atomic E-state index is 0.0464. The van der Waals surface area contributed by atoms with Crippen molar-refractivity contribution in [3.8, 4) is 11.5 Å². The maximum atomic E-state index is 12.0. The van der Waals surface area contributed by atoms with Crippen LogP contribution in [0.3, 0.4) is 0 Å². The first kappa shape index (κ1) is 35.1. The van der Waals surface area contributed by atoms with E-state index in [2.05, 4.69) is 29.7 Å². The standard InChI is InChI=1S/C38H55N3O7/c1-2-10-36(39-23-33(43)31-21-30(42)22-32-37(31)47-25-35(44)40-32)46-20-9-8-17-41-18-15-27(16-19-41)34(24-41)48-26-38(45,29-13-6-7-14-29)28-11-4-3-5-12-28/h3-5,11-12,21-22,27,29,33-34,36,39,43,45H,2,6-10,13-20,23-26H2,1H3,(H-,40,42,44)/p+1/t27?,33-,34-,36?,38+,41?/m0/s1. The Hall–Kier alpha value is -2.73. The molecule has 4 atom stereocenters. The fourth-order valence-corrected chi connectivity index (χ4v) is 8.62. The van der Waals surface area contributed by atoms with Gasteiger partial charge in [0.25, 0.3) is 5.91 Å². The van der Waals surface area contributed by atoms with Gasteiger partial charge in [-0.15, -0.1) is 0 Å². The summed E-state index contributed by atoms with van der Waals surface area (Å²) < 4.78 is 19.7. The number of aliphatic hydroxyl groups is 2. The molecule has 48 heavy (non-hydrogen) atoms. The van der Waals surface area contributed by atoms with Crippen LogP contribution in [-0.4, -0.2) is 90.6 Å². The van der Waals surface area contributed by atoms with Gasteiger partial charge >= 0.3 is 0 Å². The molecule has 5 N–H and O–H groups in total. The van der Waals surface area contributed by atoms with E-state index >= 15 is 0 Å². The maximum absolute atomic E-state index is 12.0. The smallest absolute Gasteiger partial charge is 0.262 e. The van der Waals surface area contributed by atoms with E-state index < -0.39 is 11.7 Å². The number of hydrogen-bond acceptors (Lipinski definition) is 8. The molecule has 2 bridgehead atoms. The summed E-state index contributed by atoms with van der Waals surface area (Å²) in [5.41, 5.74) is 0.868. The van der Waals surface area contributed by atoms with E-state index in [4.69, 9.17) is 14.2 Å². The summed E-state index contributed by atoms with van der Waals surface area (Å²) in [4.78, 5) is 11.7. The number of quaternary nitrogens is 1. The third-order valence-corrected chi connectivity index (χ3v) is 11.4. The third kappa shape index (κ3) is 8.17. The predicted octanol–water partition coefficient (Wildman–Crippen LogP) is 4.97. The van der Waals surface area contributed by atoms with Gasteiger partial charge in [-0.05, 0) is 49.7 Å². The van der Waals surface area contributed by atoms with Crippen LogP contribution < -0.4 is 15.4 Å². The molecule has 1 saturated carbocycles. The molecule has 5 aliphatic rings. The molecule has 7 rings (SSSR count). The Bertz CT molecular complexity index is 1350. The second-order valence-electron chi connectivity index (χ2n) is 14.7. The SMILES string of the molecule is CCCC(NC[C@H](O)c1cc(O)cc2c1OCC(=O)N2)OCCCC[N+]12CCC(CC1)[C@@H](OC[C@@](O)(c1ccccc1)C1CCCC1)C2. The number of piperidine rings is 3. The predicted molar refractivity (Wildman–Crippen MR) is 184 cm³/mol. The normalized spacial score (nSPS) is 26.4. The molecule has 1 amide bonds. The van der Waals surface area contributed by atoms with Crippen LogP contribution in [0.15, 0.2) is 42.5 Å². The molecular weight excluding hydrogens is 610 g/mol. The van der Waals surface area contributed by atoms with E-state index in [1.165, 1.54) is 50.9 Å². The monoisotopic (exact) mass is 666 g/mol. The maximum Gasteiger partial charge on any atom is 0.262 e. The number of carbonyl (C=O) groups excluding carboxylic acids is 1. The number of carbonyl (C=O) groups is 1. The Morgan fingerprint density at radius 3 is 2.62 bits per heavy atom. The lowest BCUT2D eigenvalue weighted by atomic mass is 9.80. The van der Waals surface area contributed by atoms with Crippen molar-refractivity contribution in [2.75, 3.05) is 57.9 Å². The number of phenolic OH excluding ortho intramolecular Hbond substituents is 1. The summed E-state index contributed by atoms with van der Waals surface area (Å²) in [5.74, 6) is 0.890. The molecule has 3 saturated heterocycles. The molecule has 10 nitrogen and oxygen atoms in total. The summed E-state index contributed by atoms with van der Waals surface area (Å²) in [5, 5.41) is 39.2. The Labute approximate surface area is 285 Å². The molecule has 4 fully saturated rings. The van der Waals surface area contributed by atoms with E-state index in [0.717, 1.165) is 61.7 Å². The minimum atomic E-state index is -0.946. The number of anilines is 1. The van der Waals surface area contributed by atoms with Crippen LogP contribution >= 0.6 is 0 Å². The zero-order valence-electron chi connectivity index (χ0n) is 28.6. The fourth-order valence-electron chi connectivity index (χ4n) is 8.62. The van der Waals surface area contributed by atoms with Crippen LogP contribution in [0, 0.1) is 11.8 Å². The fraction of sp³-hybridized carbons (Fsp3) is 0.658. The molecule has 0 aromatic heterocycles. The number of aliphatic hydroxyl groups excluding tert-OH is 1. The van der Waals surface area contributed by atoms with Crippen molar-refractivity contribution in [1.82, 2.24) is 5.32 Å². The summed E-state index contributed by atoms with van der Waals surface area (Å²) in [6.45, 7) is 7.80. The molecule has 1 unspecified atom stereocenters. The average Bonchev–Trinajstić information content (AvgIpc) is 3.66. The lowest BCUT2D eigenvalue weighted by Crippen LogP contribution is -2.64. The summed E-state index contributed by atoms with van der Waals surface area (Å²) in [6, 6.07) is 13.1. The van der Waals surface area contributed by atoms with Crippen molar-refractivity contribution in [3.63, 3.8) is 0 Å². The Morgan fingerprint density at radius 2 is 1.88 bits per heavy atom. The zero-order valence-corrected chi connectivity index (χ0v) is 28.6. The van der Waals surface area contributed by atoms with Gasteiger partial charge in [0.2, 0.25) is 0 Å². The molecule has 10 heteroatoms. The van der Waals surface area contributed by atoms with Crippen LogP contribution in [0.5, 0.6) is 11.5 Å². The summed E-state index contributed by atoms with van der Waals surface area (Å²) in [6.07, 6.45) is 9.73. The largest absolute Gasteiger partial charge is 0.508 e. The third-order valence-electron chi connectivity index (χ3n) is 11.4. The Balaban J connectivity index is 0.962. The van der Waals surface area contributed by atoms with Crippen LogP contribution in [0.25, 0.3) is 0 Å². The average molecular weight is 667 g/mol. The van der Waals surface area contributed by atoms with Crippen molar-refractivity contribution < 1.29 is 38.8 Å². The molecular formula is C38H56N3O7+. The van der Waals surface area contributed by atoms with Crippen LogP contribution in [-0.2, 0) is 19.9 Å². The molecule has 264 valence electrons. The van der Waals surface area contributed by atoms with Gasteiger partial charge in [0.15, 0.2) is 6.61 Å². The first-order valence-electron chi connectivity index (χ1n) is 18.4. The van der Waals surface area contributed by atoms with Gasteiger partial charge in [-0.3, -0.25) is 10.1 Å². The van der Waals surface area contributed by atoms with E-state index in [-0.39, 0.29) is 43.1 Å². The van der Waals surface area contributed by atoms with Crippen LogP contribution in [0.1, 0.15) is 88.4 Å². The van der Waals surface area contributed by atoms with Crippen molar-refractivity contribution in [2.24, 2.45) is 11.8 Å². The number of aromatic hydroxyl groups is 1. The lowest BCUT2D eigenvalue weighted by molar-refractivity contribution is -0.946. The molecule has 4 aliphatic heterocycles. The number of amides is 1.